The van der Waals surface area contributed by atoms with Crippen molar-refractivity contribution in [2.45, 2.75) is 13.3 Å². The molecule has 2 aromatic rings. The number of rotatable bonds is 1. The van der Waals surface area contributed by atoms with E-state index in [4.69, 9.17) is 0 Å². The minimum atomic E-state index is -1.08. The van der Waals surface area contributed by atoms with Crippen molar-refractivity contribution in [3.05, 3.63) is 65.2 Å². The fourth-order valence-corrected chi connectivity index (χ4v) is 2.80. The van der Waals surface area contributed by atoms with Crippen molar-refractivity contribution in [1.29, 1.82) is 0 Å². The van der Waals surface area contributed by atoms with Crippen molar-refractivity contribution in [1.82, 2.24) is 0 Å². The van der Waals surface area contributed by atoms with Crippen LogP contribution in [0.5, 0.6) is 0 Å². The molecule has 1 aliphatic heterocycles. The van der Waals surface area contributed by atoms with Gasteiger partial charge in [0.05, 0.1) is 5.56 Å². The van der Waals surface area contributed by atoms with Gasteiger partial charge in [-0.2, -0.15) is 0 Å². The summed E-state index contributed by atoms with van der Waals surface area (Å²) in [5.41, 5.74) is 1.62. The van der Waals surface area contributed by atoms with Gasteiger partial charge in [0.15, 0.2) is 11.6 Å². The van der Waals surface area contributed by atoms with Crippen LogP contribution in [-0.4, -0.2) is 12.5 Å². The molecular weight excluding hydrogens is 272 g/mol. The molecule has 0 spiro atoms. The topological polar surface area (TPSA) is 20.3 Å². The Kier molecular flexibility index (Phi) is 3.45. The van der Waals surface area contributed by atoms with E-state index >= 15 is 0 Å². The molecule has 2 nitrogen and oxygen atoms in total. The highest BCUT2D eigenvalue weighted by atomic mass is 19.2. The largest absolute Gasteiger partial charge is 0.308 e. The van der Waals surface area contributed by atoms with Gasteiger partial charge < -0.3 is 4.90 Å². The summed E-state index contributed by atoms with van der Waals surface area (Å²) in [4.78, 5) is 14.1. The SMILES string of the molecule is CC1Cc2ccccc2N(C(=O)c2cccc(F)c2F)C1. The smallest absolute Gasteiger partial charge is 0.261 e. The molecule has 0 saturated carbocycles. The predicted molar refractivity (Wildman–Crippen MR) is 77.3 cm³/mol. The van der Waals surface area contributed by atoms with Gasteiger partial charge in [0, 0.05) is 12.2 Å². The van der Waals surface area contributed by atoms with Crippen LogP contribution in [0.2, 0.25) is 0 Å². The van der Waals surface area contributed by atoms with Gasteiger partial charge in [0.25, 0.3) is 5.91 Å². The molecule has 2 aromatic carbocycles. The highest BCUT2D eigenvalue weighted by molar-refractivity contribution is 6.07. The van der Waals surface area contributed by atoms with Crippen LogP contribution >= 0.6 is 0 Å². The monoisotopic (exact) mass is 287 g/mol. The van der Waals surface area contributed by atoms with E-state index in [0.29, 0.717) is 6.54 Å². The molecule has 0 N–H and O–H groups in total. The number of nitrogens with zero attached hydrogens (tertiary/aromatic N) is 1. The first kappa shape index (κ1) is 13.7. The maximum absolute atomic E-state index is 13.9. The molecular formula is C17H15F2NO. The number of anilines is 1. The Morgan fingerprint density at radius 3 is 2.71 bits per heavy atom. The van der Waals surface area contributed by atoms with Gasteiger partial charge in [-0.1, -0.05) is 31.2 Å². The summed E-state index contributed by atoms with van der Waals surface area (Å²) in [7, 11) is 0. The van der Waals surface area contributed by atoms with E-state index in [2.05, 4.69) is 0 Å². The minimum absolute atomic E-state index is 0.223. The normalized spacial score (nSPS) is 17.5. The van der Waals surface area contributed by atoms with Crippen LogP contribution in [0.15, 0.2) is 42.5 Å². The molecule has 0 saturated heterocycles. The summed E-state index contributed by atoms with van der Waals surface area (Å²) in [6.07, 6.45) is 0.881. The quantitative estimate of drug-likeness (QED) is 0.781. The molecule has 108 valence electrons. The van der Waals surface area contributed by atoms with Crippen molar-refractivity contribution in [3.63, 3.8) is 0 Å². The molecule has 0 bridgehead atoms. The van der Waals surface area contributed by atoms with Gasteiger partial charge in [-0.3, -0.25) is 4.79 Å². The molecule has 0 aromatic heterocycles. The molecule has 21 heavy (non-hydrogen) atoms. The lowest BCUT2D eigenvalue weighted by molar-refractivity contribution is 0.0976. The Bertz CT molecular complexity index is 699. The molecule has 4 heteroatoms. The van der Waals surface area contributed by atoms with E-state index in [0.717, 1.165) is 23.7 Å². The Morgan fingerprint density at radius 1 is 1.14 bits per heavy atom. The fraction of sp³-hybridized carbons (Fsp3) is 0.235. The Labute approximate surface area is 122 Å². The first-order valence-electron chi connectivity index (χ1n) is 6.91. The Balaban J connectivity index is 2.04. The van der Waals surface area contributed by atoms with Crippen LogP contribution in [0.1, 0.15) is 22.8 Å². The Hall–Kier alpha value is -2.23. The van der Waals surface area contributed by atoms with Crippen LogP contribution in [0, 0.1) is 17.6 Å². The van der Waals surface area contributed by atoms with Gasteiger partial charge >= 0.3 is 0 Å². The van der Waals surface area contributed by atoms with E-state index in [1.807, 2.05) is 31.2 Å². The van der Waals surface area contributed by atoms with E-state index in [9.17, 15) is 13.6 Å². The number of fused-ring (bicyclic) bond motifs is 1. The van der Waals surface area contributed by atoms with Gasteiger partial charge in [-0.25, -0.2) is 8.78 Å². The van der Waals surface area contributed by atoms with Crippen molar-refractivity contribution >= 4 is 11.6 Å². The average Bonchev–Trinajstić information content (AvgIpc) is 2.48. The summed E-state index contributed by atoms with van der Waals surface area (Å²) in [6.45, 7) is 2.55. The maximum Gasteiger partial charge on any atom is 0.261 e. The zero-order chi connectivity index (χ0) is 15.0. The first-order chi connectivity index (χ1) is 10.1. The third-order valence-corrected chi connectivity index (χ3v) is 3.77. The summed E-state index contributed by atoms with van der Waals surface area (Å²) in [6, 6.07) is 11.3. The summed E-state index contributed by atoms with van der Waals surface area (Å²) in [5, 5.41) is 0. The second-order valence-electron chi connectivity index (χ2n) is 5.46. The molecule has 0 fully saturated rings. The highest BCUT2D eigenvalue weighted by Crippen LogP contribution is 2.31. The summed E-state index contributed by atoms with van der Waals surface area (Å²) >= 11 is 0. The predicted octanol–water partition coefficient (Wildman–Crippen LogP) is 3.80. The van der Waals surface area contributed by atoms with Crippen LogP contribution in [0.3, 0.4) is 0 Å². The standard InChI is InChI=1S/C17H15F2NO/c1-11-9-12-5-2-3-8-15(12)20(10-11)17(21)13-6-4-7-14(18)16(13)19/h2-8,11H,9-10H2,1H3. The molecule has 1 heterocycles. The van der Waals surface area contributed by atoms with E-state index in [1.54, 1.807) is 4.90 Å². The van der Waals surface area contributed by atoms with Crippen molar-refractivity contribution < 1.29 is 13.6 Å². The lowest BCUT2D eigenvalue weighted by Gasteiger charge is -2.33. The Morgan fingerprint density at radius 2 is 1.90 bits per heavy atom. The number of halogens is 2. The second-order valence-corrected chi connectivity index (χ2v) is 5.46. The number of amides is 1. The second kappa shape index (κ2) is 5.28. The number of benzene rings is 2. The number of para-hydroxylation sites is 1. The summed E-state index contributed by atoms with van der Waals surface area (Å²) in [5.74, 6) is -2.30. The van der Waals surface area contributed by atoms with Crippen LogP contribution in [0.4, 0.5) is 14.5 Å². The lowest BCUT2D eigenvalue weighted by Crippen LogP contribution is -2.39. The van der Waals surface area contributed by atoms with Crippen molar-refractivity contribution in [3.8, 4) is 0 Å². The first-order valence-corrected chi connectivity index (χ1v) is 6.91. The lowest BCUT2D eigenvalue weighted by atomic mass is 9.93. The number of hydrogen-bond donors (Lipinski definition) is 0. The van der Waals surface area contributed by atoms with Crippen molar-refractivity contribution in [2.24, 2.45) is 5.92 Å². The number of carbonyl (C=O) groups excluding carboxylic acids is 1. The van der Waals surface area contributed by atoms with E-state index in [-0.39, 0.29) is 11.5 Å². The van der Waals surface area contributed by atoms with Gasteiger partial charge in [0.1, 0.15) is 0 Å². The van der Waals surface area contributed by atoms with Gasteiger partial charge in [-0.15, -0.1) is 0 Å². The zero-order valence-electron chi connectivity index (χ0n) is 11.6. The van der Waals surface area contributed by atoms with E-state index in [1.165, 1.54) is 12.1 Å². The molecule has 0 aliphatic carbocycles. The molecule has 1 amide bonds. The minimum Gasteiger partial charge on any atom is -0.308 e. The summed E-state index contributed by atoms with van der Waals surface area (Å²) < 4.78 is 27.2. The molecule has 1 aliphatic rings. The molecule has 1 unspecified atom stereocenters. The molecule has 3 rings (SSSR count). The fourth-order valence-electron chi connectivity index (χ4n) is 2.80. The molecule has 1 atom stereocenters. The average molecular weight is 287 g/mol. The van der Waals surface area contributed by atoms with Crippen LogP contribution in [-0.2, 0) is 6.42 Å². The highest BCUT2D eigenvalue weighted by Gasteiger charge is 2.28. The third kappa shape index (κ3) is 2.42. The maximum atomic E-state index is 13.9. The number of hydrogen-bond acceptors (Lipinski definition) is 1. The van der Waals surface area contributed by atoms with Crippen LogP contribution < -0.4 is 4.90 Å². The molecule has 0 radical (unpaired) electrons. The van der Waals surface area contributed by atoms with Crippen LogP contribution in [0.25, 0.3) is 0 Å². The van der Waals surface area contributed by atoms with E-state index < -0.39 is 17.5 Å². The number of carbonyl (C=O) groups is 1. The van der Waals surface area contributed by atoms with Gasteiger partial charge in [-0.05, 0) is 36.1 Å². The third-order valence-electron chi connectivity index (χ3n) is 3.77. The zero-order valence-corrected chi connectivity index (χ0v) is 11.6. The van der Waals surface area contributed by atoms with Gasteiger partial charge in [0.2, 0.25) is 0 Å². The van der Waals surface area contributed by atoms with Crippen molar-refractivity contribution in [2.75, 3.05) is 11.4 Å².